The van der Waals surface area contributed by atoms with Gasteiger partial charge in [-0.25, -0.2) is 4.39 Å². The van der Waals surface area contributed by atoms with Crippen LogP contribution in [0.3, 0.4) is 0 Å². The van der Waals surface area contributed by atoms with Gasteiger partial charge in [0.15, 0.2) is 0 Å². The largest absolute Gasteiger partial charge is 0.340 e. The van der Waals surface area contributed by atoms with E-state index in [4.69, 9.17) is 0 Å². The average molecular weight is 464 g/mol. The third kappa shape index (κ3) is 7.25. The SMILES string of the molecule is C=Nc1ccc(C(=O)Nc2ccc(NC=O)cc2)cc1N(CC)c1ccc(F)cc1.CCNC. The fraction of sp³-hybridized carbons (Fsp3) is 0.192. The maximum absolute atomic E-state index is 13.3. The fourth-order valence-corrected chi connectivity index (χ4v) is 3.05. The smallest absolute Gasteiger partial charge is 0.255 e. The van der Waals surface area contributed by atoms with Crippen molar-refractivity contribution in [2.45, 2.75) is 13.8 Å². The zero-order valence-corrected chi connectivity index (χ0v) is 19.6. The summed E-state index contributed by atoms with van der Waals surface area (Å²) in [7, 11) is 1.93. The molecule has 0 saturated carbocycles. The van der Waals surface area contributed by atoms with Gasteiger partial charge in [0.25, 0.3) is 5.91 Å². The first-order chi connectivity index (χ1) is 16.5. The van der Waals surface area contributed by atoms with Crippen LogP contribution in [-0.2, 0) is 4.79 Å². The Morgan fingerprint density at radius 1 is 1.03 bits per heavy atom. The molecule has 0 radical (unpaired) electrons. The monoisotopic (exact) mass is 463 g/mol. The number of amides is 2. The molecule has 0 unspecified atom stereocenters. The molecule has 0 fully saturated rings. The lowest BCUT2D eigenvalue weighted by molar-refractivity contribution is -0.105. The second-order valence-corrected chi connectivity index (χ2v) is 7.08. The molecule has 0 saturated heterocycles. The van der Waals surface area contributed by atoms with E-state index < -0.39 is 0 Å². The van der Waals surface area contributed by atoms with Crippen LogP contribution in [0.15, 0.2) is 71.7 Å². The highest BCUT2D eigenvalue weighted by Crippen LogP contribution is 2.35. The third-order valence-electron chi connectivity index (χ3n) is 4.88. The first-order valence-electron chi connectivity index (χ1n) is 10.9. The maximum atomic E-state index is 13.3. The topological polar surface area (TPSA) is 85.8 Å². The summed E-state index contributed by atoms with van der Waals surface area (Å²) in [5.41, 5.74) is 3.74. The molecule has 0 spiro atoms. The second kappa shape index (κ2) is 13.5. The summed E-state index contributed by atoms with van der Waals surface area (Å²) in [5, 5.41) is 8.30. The summed E-state index contributed by atoms with van der Waals surface area (Å²) in [6.07, 6.45) is 0.588. The molecule has 3 aromatic carbocycles. The highest BCUT2D eigenvalue weighted by molar-refractivity contribution is 6.05. The maximum Gasteiger partial charge on any atom is 0.255 e. The summed E-state index contributed by atoms with van der Waals surface area (Å²) < 4.78 is 13.3. The third-order valence-corrected chi connectivity index (χ3v) is 4.88. The van der Waals surface area contributed by atoms with Crippen molar-refractivity contribution >= 4 is 47.5 Å². The number of nitrogens with one attached hydrogen (secondary N) is 3. The van der Waals surface area contributed by atoms with Gasteiger partial charge in [-0.1, -0.05) is 6.92 Å². The summed E-state index contributed by atoms with van der Waals surface area (Å²) in [6.45, 7) is 9.30. The Kier molecular flexibility index (Phi) is 10.4. The van der Waals surface area contributed by atoms with Crippen LogP contribution in [0.2, 0.25) is 0 Å². The van der Waals surface area contributed by atoms with E-state index in [1.165, 1.54) is 12.1 Å². The Balaban J connectivity index is 0.000000945. The van der Waals surface area contributed by atoms with Gasteiger partial charge in [0.2, 0.25) is 6.41 Å². The van der Waals surface area contributed by atoms with E-state index in [1.807, 2.05) is 18.9 Å². The number of carbonyl (C=O) groups excluding carboxylic acids is 2. The minimum atomic E-state index is -0.320. The summed E-state index contributed by atoms with van der Waals surface area (Å²) >= 11 is 0. The van der Waals surface area contributed by atoms with Crippen LogP contribution >= 0.6 is 0 Å². The Bertz CT molecular complexity index is 1080. The second-order valence-electron chi connectivity index (χ2n) is 7.08. The van der Waals surface area contributed by atoms with Crippen LogP contribution in [-0.4, -0.2) is 39.2 Å². The summed E-state index contributed by atoms with van der Waals surface area (Å²) in [6, 6.07) is 18.0. The number of anilines is 4. The molecule has 178 valence electrons. The zero-order valence-electron chi connectivity index (χ0n) is 19.6. The molecular weight excluding hydrogens is 433 g/mol. The molecule has 2 amide bonds. The van der Waals surface area contributed by atoms with Crippen LogP contribution in [0.4, 0.5) is 32.8 Å². The van der Waals surface area contributed by atoms with Crippen molar-refractivity contribution in [2.24, 2.45) is 4.99 Å². The lowest BCUT2D eigenvalue weighted by Gasteiger charge is -2.25. The van der Waals surface area contributed by atoms with Crippen molar-refractivity contribution in [2.75, 3.05) is 35.7 Å². The van der Waals surface area contributed by atoms with Crippen molar-refractivity contribution < 1.29 is 14.0 Å². The van der Waals surface area contributed by atoms with Gasteiger partial charge < -0.3 is 20.9 Å². The number of hydrogen-bond acceptors (Lipinski definition) is 5. The molecule has 8 heteroatoms. The lowest BCUT2D eigenvalue weighted by Crippen LogP contribution is -2.18. The Morgan fingerprint density at radius 2 is 1.65 bits per heavy atom. The molecule has 0 atom stereocenters. The van der Waals surface area contributed by atoms with Gasteiger partial charge in [0.1, 0.15) is 5.82 Å². The molecule has 0 aliphatic rings. The van der Waals surface area contributed by atoms with Crippen molar-refractivity contribution in [1.29, 1.82) is 0 Å². The number of benzene rings is 3. The van der Waals surface area contributed by atoms with Crippen molar-refractivity contribution in [3.8, 4) is 0 Å². The number of rotatable bonds is 9. The molecular formula is C26H30FN5O2. The molecule has 3 aromatic rings. The Labute approximate surface area is 199 Å². The molecule has 0 bridgehead atoms. The normalized spacial score (nSPS) is 9.88. The molecule has 3 rings (SSSR count). The van der Waals surface area contributed by atoms with E-state index in [-0.39, 0.29) is 11.7 Å². The van der Waals surface area contributed by atoms with Gasteiger partial charge in [-0.15, -0.1) is 0 Å². The number of carbonyl (C=O) groups is 2. The van der Waals surface area contributed by atoms with E-state index in [0.717, 1.165) is 12.2 Å². The van der Waals surface area contributed by atoms with E-state index in [1.54, 1.807) is 54.6 Å². The quantitative estimate of drug-likeness (QED) is 0.294. The minimum Gasteiger partial charge on any atom is -0.340 e. The molecule has 0 aliphatic heterocycles. The van der Waals surface area contributed by atoms with Crippen LogP contribution in [0.5, 0.6) is 0 Å². The van der Waals surface area contributed by atoms with Crippen LogP contribution in [0, 0.1) is 5.82 Å². The van der Waals surface area contributed by atoms with Crippen molar-refractivity contribution in [3.05, 3.63) is 78.1 Å². The predicted octanol–water partition coefficient (Wildman–Crippen LogP) is 5.36. The minimum absolute atomic E-state index is 0.293. The predicted molar refractivity (Wildman–Crippen MR) is 138 cm³/mol. The number of halogens is 1. The van der Waals surface area contributed by atoms with Crippen LogP contribution in [0.1, 0.15) is 24.2 Å². The molecule has 34 heavy (non-hydrogen) atoms. The van der Waals surface area contributed by atoms with Gasteiger partial charge in [-0.2, -0.15) is 0 Å². The Morgan fingerprint density at radius 3 is 2.18 bits per heavy atom. The summed E-state index contributed by atoms with van der Waals surface area (Å²) in [5.74, 6) is -0.613. The van der Waals surface area contributed by atoms with Gasteiger partial charge in [-0.3, -0.25) is 14.6 Å². The van der Waals surface area contributed by atoms with Crippen LogP contribution < -0.4 is 20.9 Å². The standard InChI is InChI=1S/C23H21FN4O2.C3H9N/c1-3-28(20-11-5-17(24)6-12-20)22-14-16(4-13-21(22)25-2)23(30)27-19-9-7-18(8-10-19)26-15-29;1-3-4-2/h4-15H,2-3H2,1H3,(H,26,29)(H,27,30);4H,3H2,1-2H3. The van der Waals surface area contributed by atoms with Gasteiger partial charge in [0.05, 0.1) is 11.4 Å². The van der Waals surface area contributed by atoms with Gasteiger partial charge >= 0.3 is 0 Å². The van der Waals surface area contributed by atoms with Gasteiger partial charge in [-0.05, 0) is 94.0 Å². The van der Waals surface area contributed by atoms with E-state index >= 15 is 0 Å². The molecule has 0 aliphatic carbocycles. The molecule has 3 N–H and O–H groups in total. The van der Waals surface area contributed by atoms with Crippen molar-refractivity contribution in [1.82, 2.24) is 5.32 Å². The van der Waals surface area contributed by atoms with E-state index in [2.05, 4.69) is 34.6 Å². The van der Waals surface area contributed by atoms with Gasteiger partial charge in [0, 0.05) is 29.2 Å². The number of aliphatic imine (C=N–C) groups is 1. The number of hydrogen-bond donors (Lipinski definition) is 3. The molecule has 0 heterocycles. The van der Waals surface area contributed by atoms with Crippen molar-refractivity contribution in [3.63, 3.8) is 0 Å². The highest BCUT2D eigenvalue weighted by atomic mass is 19.1. The fourth-order valence-electron chi connectivity index (χ4n) is 3.05. The molecule has 7 nitrogen and oxygen atoms in total. The first-order valence-corrected chi connectivity index (χ1v) is 10.9. The first kappa shape index (κ1) is 26.2. The lowest BCUT2D eigenvalue weighted by atomic mass is 10.1. The number of nitrogens with zero attached hydrogens (tertiary/aromatic N) is 2. The summed E-state index contributed by atoms with van der Waals surface area (Å²) in [4.78, 5) is 29.3. The molecule has 0 aromatic heterocycles. The Hall–Kier alpha value is -4.04. The van der Waals surface area contributed by atoms with Crippen LogP contribution in [0.25, 0.3) is 0 Å². The van der Waals surface area contributed by atoms with E-state index in [9.17, 15) is 14.0 Å². The van der Waals surface area contributed by atoms with E-state index in [0.29, 0.717) is 41.3 Å². The highest BCUT2D eigenvalue weighted by Gasteiger charge is 2.15. The average Bonchev–Trinajstić information content (AvgIpc) is 2.87. The zero-order chi connectivity index (χ0) is 24.9.